The highest BCUT2D eigenvalue weighted by molar-refractivity contribution is 9.10. The van der Waals surface area contributed by atoms with Gasteiger partial charge in [0, 0.05) is 40.4 Å². The molecule has 166 valence electrons. The van der Waals surface area contributed by atoms with Crippen molar-refractivity contribution in [3.05, 3.63) is 75.9 Å². The van der Waals surface area contributed by atoms with E-state index in [2.05, 4.69) is 89.2 Å². The summed E-state index contributed by atoms with van der Waals surface area (Å²) in [6.45, 7) is 3.76. The number of aromatic nitrogens is 2. The van der Waals surface area contributed by atoms with Gasteiger partial charge in [0.2, 0.25) is 0 Å². The standard InChI is InChI=1S/C27H29BrN2O2/c1-18-23-13-12-22-24(19-8-10-21(28)11-9-19)30(2)29-25(22)26(23,20-6-4-3-5-7-20)14-15-27(18)31-16-17-32-27/h3-11,18,23H,12-17H2,1-2H3/t18-,23-,26+/m0/s1. The highest BCUT2D eigenvalue weighted by Gasteiger charge is 2.60. The SMILES string of the molecule is C[C@H]1[C@@H]2CCc3c(nn(C)c3-c3ccc(Br)cc3)[C@@]2(c2ccccc2)CCC12OCCO2. The van der Waals surface area contributed by atoms with Gasteiger partial charge in [-0.3, -0.25) is 4.68 Å². The van der Waals surface area contributed by atoms with Crippen LogP contribution in [0.4, 0.5) is 0 Å². The fourth-order valence-electron chi connectivity index (χ4n) is 6.85. The third kappa shape index (κ3) is 2.84. The predicted molar refractivity (Wildman–Crippen MR) is 128 cm³/mol. The molecule has 1 aromatic heterocycles. The molecule has 1 aliphatic heterocycles. The second kappa shape index (κ2) is 7.54. The summed E-state index contributed by atoms with van der Waals surface area (Å²) in [4.78, 5) is 0. The topological polar surface area (TPSA) is 36.3 Å². The van der Waals surface area contributed by atoms with E-state index in [1.54, 1.807) is 0 Å². The van der Waals surface area contributed by atoms with Crippen LogP contribution < -0.4 is 0 Å². The fraction of sp³-hybridized carbons (Fsp3) is 0.444. The van der Waals surface area contributed by atoms with E-state index in [4.69, 9.17) is 14.6 Å². The van der Waals surface area contributed by atoms with E-state index in [9.17, 15) is 0 Å². The van der Waals surface area contributed by atoms with E-state index < -0.39 is 5.79 Å². The summed E-state index contributed by atoms with van der Waals surface area (Å²) < 4.78 is 15.7. The number of rotatable bonds is 2. The third-order valence-corrected chi connectivity index (χ3v) is 8.78. The first-order valence-electron chi connectivity index (χ1n) is 11.7. The van der Waals surface area contributed by atoms with Gasteiger partial charge in [-0.2, -0.15) is 5.10 Å². The molecule has 0 unspecified atom stereocenters. The zero-order valence-corrected chi connectivity index (χ0v) is 20.3. The highest BCUT2D eigenvalue weighted by atomic mass is 79.9. The molecule has 32 heavy (non-hydrogen) atoms. The molecule has 0 N–H and O–H groups in total. The van der Waals surface area contributed by atoms with Crippen molar-refractivity contribution in [1.82, 2.24) is 9.78 Å². The Morgan fingerprint density at radius 3 is 2.44 bits per heavy atom. The maximum atomic E-state index is 6.27. The number of halogens is 1. The molecule has 1 saturated heterocycles. The molecule has 1 saturated carbocycles. The molecule has 2 aliphatic carbocycles. The number of aryl methyl sites for hydroxylation is 1. The summed E-state index contributed by atoms with van der Waals surface area (Å²) in [7, 11) is 2.10. The minimum Gasteiger partial charge on any atom is -0.347 e. The molecule has 0 amide bonds. The second-order valence-electron chi connectivity index (χ2n) is 9.59. The third-order valence-electron chi connectivity index (χ3n) is 8.25. The monoisotopic (exact) mass is 492 g/mol. The van der Waals surface area contributed by atoms with Gasteiger partial charge in [0.05, 0.1) is 24.6 Å². The maximum absolute atomic E-state index is 6.27. The largest absolute Gasteiger partial charge is 0.347 e. The summed E-state index contributed by atoms with van der Waals surface area (Å²) in [5, 5.41) is 5.26. The molecule has 2 aromatic carbocycles. The minimum atomic E-state index is -0.427. The minimum absolute atomic E-state index is 0.111. The summed E-state index contributed by atoms with van der Waals surface area (Å²) in [6.07, 6.45) is 4.06. The molecular formula is C27H29BrN2O2. The molecule has 3 atom stereocenters. The van der Waals surface area contributed by atoms with Gasteiger partial charge in [0.1, 0.15) is 0 Å². The van der Waals surface area contributed by atoms with E-state index in [1.165, 1.54) is 28.1 Å². The fourth-order valence-corrected chi connectivity index (χ4v) is 7.11. The van der Waals surface area contributed by atoms with Crippen molar-refractivity contribution < 1.29 is 9.47 Å². The van der Waals surface area contributed by atoms with E-state index in [0.717, 1.165) is 30.2 Å². The van der Waals surface area contributed by atoms with Crippen LogP contribution in [0.3, 0.4) is 0 Å². The number of hydrogen-bond donors (Lipinski definition) is 0. The molecule has 2 heterocycles. The van der Waals surface area contributed by atoms with Gasteiger partial charge in [0.15, 0.2) is 5.79 Å². The Labute approximate surface area is 198 Å². The second-order valence-corrected chi connectivity index (χ2v) is 10.5. The van der Waals surface area contributed by atoms with Gasteiger partial charge in [-0.1, -0.05) is 65.3 Å². The summed E-state index contributed by atoms with van der Waals surface area (Å²) in [5.74, 6) is 0.311. The maximum Gasteiger partial charge on any atom is 0.171 e. The summed E-state index contributed by atoms with van der Waals surface area (Å²) >= 11 is 3.58. The van der Waals surface area contributed by atoms with Gasteiger partial charge >= 0.3 is 0 Å². The van der Waals surface area contributed by atoms with Crippen LogP contribution in [0.25, 0.3) is 11.3 Å². The molecule has 5 heteroatoms. The van der Waals surface area contributed by atoms with Gasteiger partial charge < -0.3 is 9.47 Å². The Morgan fingerprint density at radius 1 is 1.00 bits per heavy atom. The zero-order valence-electron chi connectivity index (χ0n) is 18.7. The Kier molecular flexibility index (Phi) is 4.87. The number of hydrogen-bond acceptors (Lipinski definition) is 3. The lowest BCUT2D eigenvalue weighted by Crippen LogP contribution is -2.56. The van der Waals surface area contributed by atoms with Crippen LogP contribution in [0.2, 0.25) is 0 Å². The first-order chi connectivity index (χ1) is 15.6. The lowest BCUT2D eigenvalue weighted by atomic mass is 9.52. The normalized spacial score (nSPS) is 28.5. The zero-order chi connectivity index (χ0) is 21.9. The van der Waals surface area contributed by atoms with Gasteiger partial charge in [-0.25, -0.2) is 0 Å². The van der Waals surface area contributed by atoms with E-state index in [0.29, 0.717) is 25.0 Å². The van der Waals surface area contributed by atoms with Crippen molar-refractivity contribution in [3.63, 3.8) is 0 Å². The van der Waals surface area contributed by atoms with Crippen LogP contribution in [0, 0.1) is 11.8 Å². The average molecular weight is 493 g/mol. The van der Waals surface area contributed by atoms with Crippen molar-refractivity contribution in [2.24, 2.45) is 18.9 Å². The Hall–Kier alpha value is -1.95. The number of ether oxygens (including phenoxy) is 2. The van der Waals surface area contributed by atoms with E-state index in [1.807, 2.05) is 0 Å². The smallest absolute Gasteiger partial charge is 0.171 e. The number of benzene rings is 2. The lowest BCUT2D eigenvalue weighted by Gasteiger charge is -2.55. The molecule has 2 fully saturated rings. The summed E-state index contributed by atoms with van der Waals surface area (Å²) in [6, 6.07) is 19.7. The molecule has 1 spiro atoms. The number of fused-ring (bicyclic) bond motifs is 3. The van der Waals surface area contributed by atoms with Crippen LogP contribution in [-0.2, 0) is 28.4 Å². The van der Waals surface area contributed by atoms with Crippen LogP contribution in [0.15, 0.2) is 59.1 Å². The Morgan fingerprint density at radius 2 is 1.72 bits per heavy atom. The average Bonchev–Trinajstić information content (AvgIpc) is 3.43. The first kappa shape index (κ1) is 20.6. The van der Waals surface area contributed by atoms with Crippen molar-refractivity contribution in [2.75, 3.05) is 13.2 Å². The van der Waals surface area contributed by atoms with Crippen molar-refractivity contribution >= 4 is 15.9 Å². The number of nitrogens with zero attached hydrogens (tertiary/aromatic N) is 2. The van der Waals surface area contributed by atoms with E-state index in [-0.39, 0.29) is 5.41 Å². The molecule has 0 bridgehead atoms. The Balaban J connectivity index is 1.55. The van der Waals surface area contributed by atoms with Crippen LogP contribution in [-0.4, -0.2) is 28.8 Å². The summed E-state index contributed by atoms with van der Waals surface area (Å²) in [5.41, 5.74) is 6.43. The van der Waals surface area contributed by atoms with Gasteiger partial charge in [0.25, 0.3) is 0 Å². The van der Waals surface area contributed by atoms with Crippen molar-refractivity contribution in [3.8, 4) is 11.3 Å². The van der Waals surface area contributed by atoms with Crippen molar-refractivity contribution in [1.29, 1.82) is 0 Å². The first-order valence-corrected chi connectivity index (χ1v) is 12.5. The molecule has 4 nitrogen and oxygen atoms in total. The van der Waals surface area contributed by atoms with Crippen LogP contribution in [0.5, 0.6) is 0 Å². The molecule has 6 rings (SSSR count). The quantitative estimate of drug-likeness (QED) is 0.448. The molecule has 3 aromatic rings. The lowest BCUT2D eigenvalue weighted by molar-refractivity contribution is -0.232. The highest BCUT2D eigenvalue weighted by Crippen LogP contribution is 2.60. The van der Waals surface area contributed by atoms with Gasteiger partial charge in [-0.05, 0) is 42.9 Å². The molecule has 0 radical (unpaired) electrons. The molecule has 3 aliphatic rings. The predicted octanol–water partition coefficient (Wildman–Crippen LogP) is 5.87. The van der Waals surface area contributed by atoms with Crippen molar-refractivity contribution in [2.45, 2.75) is 43.8 Å². The van der Waals surface area contributed by atoms with Crippen LogP contribution >= 0.6 is 15.9 Å². The van der Waals surface area contributed by atoms with E-state index >= 15 is 0 Å². The van der Waals surface area contributed by atoms with Crippen LogP contribution in [0.1, 0.15) is 43.0 Å². The van der Waals surface area contributed by atoms with Gasteiger partial charge in [-0.15, -0.1) is 0 Å². The Bertz CT molecular complexity index is 1130. The molecular weight excluding hydrogens is 464 g/mol.